The van der Waals surface area contributed by atoms with Gasteiger partial charge in [-0.15, -0.1) is 11.3 Å². The number of hydrogen-bond acceptors (Lipinski definition) is 5. The first kappa shape index (κ1) is 16.5. The number of aromatic nitrogens is 1. The van der Waals surface area contributed by atoms with Crippen molar-refractivity contribution in [2.45, 2.75) is 17.7 Å². The van der Waals surface area contributed by atoms with Gasteiger partial charge in [0.15, 0.2) is 0 Å². The van der Waals surface area contributed by atoms with E-state index in [0.29, 0.717) is 16.4 Å². The van der Waals surface area contributed by atoms with Crippen molar-refractivity contribution in [1.29, 1.82) is 0 Å². The molecule has 0 radical (unpaired) electrons. The summed E-state index contributed by atoms with van der Waals surface area (Å²) in [5.41, 5.74) is 2.37. The molecule has 0 aliphatic heterocycles. The second-order valence-corrected chi connectivity index (χ2v) is 8.42. The monoisotopic (exact) mass is 359 g/mol. The summed E-state index contributed by atoms with van der Waals surface area (Å²) >= 11 is 1.25. The molecular weight excluding hydrogens is 342 g/mol. The maximum Gasteiger partial charge on any atom is 0.271 e. The van der Waals surface area contributed by atoms with Crippen LogP contribution in [-0.2, 0) is 16.6 Å². The fourth-order valence-electron chi connectivity index (χ4n) is 2.11. The fraction of sp³-hybridized carbons (Fsp3) is 0.118. The molecule has 0 saturated heterocycles. The molecule has 0 saturated carbocycles. The van der Waals surface area contributed by atoms with Gasteiger partial charge in [-0.1, -0.05) is 6.07 Å². The van der Waals surface area contributed by atoms with Crippen LogP contribution >= 0.6 is 11.3 Å². The highest BCUT2D eigenvalue weighted by Crippen LogP contribution is 2.24. The Morgan fingerprint density at radius 1 is 1.00 bits per heavy atom. The van der Waals surface area contributed by atoms with E-state index in [9.17, 15) is 8.42 Å². The predicted molar refractivity (Wildman–Crippen MR) is 97.9 cm³/mol. The zero-order valence-corrected chi connectivity index (χ0v) is 14.7. The van der Waals surface area contributed by atoms with E-state index in [1.807, 2.05) is 37.3 Å². The Balaban J connectivity index is 1.64. The quantitative estimate of drug-likeness (QED) is 0.701. The van der Waals surface area contributed by atoms with E-state index in [1.165, 1.54) is 11.3 Å². The van der Waals surface area contributed by atoms with Gasteiger partial charge >= 0.3 is 0 Å². The van der Waals surface area contributed by atoms with Gasteiger partial charge in [-0.3, -0.25) is 9.71 Å². The average Bonchev–Trinajstić information content (AvgIpc) is 3.02. The summed E-state index contributed by atoms with van der Waals surface area (Å²) in [6.07, 6.45) is 1.75. The Labute approximate surface area is 145 Å². The Kier molecular flexibility index (Phi) is 4.82. The molecule has 2 aromatic heterocycles. The van der Waals surface area contributed by atoms with Crippen LogP contribution in [-0.4, -0.2) is 13.4 Å². The second kappa shape index (κ2) is 7.02. The molecule has 1 aromatic carbocycles. The van der Waals surface area contributed by atoms with Gasteiger partial charge in [0.1, 0.15) is 4.21 Å². The summed E-state index contributed by atoms with van der Waals surface area (Å²) in [4.78, 5) is 5.20. The van der Waals surface area contributed by atoms with E-state index in [4.69, 9.17) is 0 Å². The molecule has 124 valence electrons. The van der Waals surface area contributed by atoms with Crippen LogP contribution in [0, 0.1) is 6.92 Å². The number of anilines is 2. The van der Waals surface area contributed by atoms with Crippen molar-refractivity contribution < 1.29 is 8.42 Å². The normalized spacial score (nSPS) is 11.2. The van der Waals surface area contributed by atoms with Crippen molar-refractivity contribution in [3.8, 4) is 0 Å². The molecule has 7 heteroatoms. The maximum atomic E-state index is 12.3. The van der Waals surface area contributed by atoms with Crippen molar-refractivity contribution in [3.63, 3.8) is 0 Å². The van der Waals surface area contributed by atoms with Crippen LogP contribution in [0.2, 0.25) is 0 Å². The summed E-state index contributed by atoms with van der Waals surface area (Å²) in [6.45, 7) is 2.49. The lowest BCUT2D eigenvalue weighted by atomic mass is 10.3. The number of sulfonamides is 1. The lowest BCUT2D eigenvalue weighted by Gasteiger charge is -2.09. The second-order valence-electron chi connectivity index (χ2n) is 5.22. The summed E-state index contributed by atoms with van der Waals surface area (Å²) in [5, 5.41) is 3.25. The summed E-state index contributed by atoms with van der Waals surface area (Å²) in [5.74, 6) is 0. The minimum Gasteiger partial charge on any atom is -0.379 e. The minimum atomic E-state index is -3.52. The van der Waals surface area contributed by atoms with Crippen molar-refractivity contribution in [3.05, 3.63) is 71.4 Å². The molecule has 0 spiro atoms. The zero-order valence-electron chi connectivity index (χ0n) is 13.1. The SMILES string of the molecule is Cc1ccc(S(=O)(=O)Nc2ccc(NCc3ccccn3)cc2)s1. The van der Waals surface area contributed by atoms with Gasteiger partial charge in [-0.05, 0) is 55.5 Å². The van der Waals surface area contributed by atoms with E-state index >= 15 is 0 Å². The Morgan fingerprint density at radius 3 is 2.38 bits per heavy atom. The molecule has 24 heavy (non-hydrogen) atoms. The number of benzene rings is 1. The molecular formula is C17H17N3O2S2. The third-order valence-electron chi connectivity index (χ3n) is 3.32. The van der Waals surface area contributed by atoms with E-state index in [0.717, 1.165) is 16.3 Å². The van der Waals surface area contributed by atoms with Gasteiger partial charge in [0.25, 0.3) is 10.0 Å². The molecule has 0 fully saturated rings. The minimum absolute atomic E-state index is 0.317. The molecule has 0 aliphatic rings. The van der Waals surface area contributed by atoms with Crippen LogP contribution in [0.5, 0.6) is 0 Å². The van der Waals surface area contributed by atoms with Gasteiger partial charge in [0.2, 0.25) is 0 Å². The van der Waals surface area contributed by atoms with Crippen molar-refractivity contribution >= 4 is 32.7 Å². The van der Waals surface area contributed by atoms with Crippen LogP contribution in [0.1, 0.15) is 10.6 Å². The number of hydrogen-bond donors (Lipinski definition) is 2. The molecule has 3 rings (SSSR count). The fourth-order valence-corrected chi connectivity index (χ4v) is 4.46. The number of nitrogens with one attached hydrogen (secondary N) is 2. The molecule has 3 aromatic rings. The van der Waals surface area contributed by atoms with Gasteiger partial charge in [0, 0.05) is 22.4 Å². The maximum absolute atomic E-state index is 12.3. The highest BCUT2D eigenvalue weighted by molar-refractivity contribution is 7.94. The lowest BCUT2D eigenvalue weighted by molar-refractivity contribution is 0.603. The third kappa shape index (κ3) is 4.12. The number of aryl methyl sites for hydroxylation is 1. The van der Waals surface area contributed by atoms with Crippen LogP contribution in [0.4, 0.5) is 11.4 Å². The molecule has 0 atom stereocenters. The molecule has 0 unspecified atom stereocenters. The molecule has 0 bridgehead atoms. The smallest absolute Gasteiger partial charge is 0.271 e. The summed E-state index contributed by atoms with van der Waals surface area (Å²) < 4.78 is 27.5. The Morgan fingerprint density at radius 2 is 1.75 bits per heavy atom. The summed E-state index contributed by atoms with van der Waals surface area (Å²) in [7, 11) is -3.52. The third-order valence-corrected chi connectivity index (χ3v) is 6.19. The first-order chi connectivity index (χ1) is 11.5. The van der Waals surface area contributed by atoms with E-state index < -0.39 is 10.0 Å². The lowest BCUT2D eigenvalue weighted by Crippen LogP contribution is -2.11. The van der Waals surface area contributed by atoms with Gasteiger partial charge in [-0.2, -0.15) is 0 Å². The van der Waals surface area contributed by atoms with Crippen molar-refractivity contribution in [2.75, 3.05) is 10.0 Å². The topological polar surface area (TPSA) is 71.1 Å². The Bertz CT molecular complexity index is 905. The molecule has 0 amide bonds. The highest BCUT2D eigenvalue weighted by atomic mass is 32.2. The molecule has 2 heterocycles. The van der Waals surface area contributed by atoms with Crippen LogP contribution in [0.15, 0.2) is 65.0 Å². The van der Waals surface area contributed by atoms with Crippen LogP contribution in [0.25, 0.3) is 0 Å². The van der Waals surface area contributed by atoms with Gasteiger partial charge in [-0.25, -0.2) is 8.42 Å². The molecule has 2 N–H and O–H groups in total. The molecule has 0 aliphatic carbocycles. The first-order valence-electron chi connectivity index (χ1n) is 7.36. The van der Waals surface area contributed by atoms with Gasteiger partial charge in [0.05, 0.1) is 12.2 Å². The Hall–Kier alpha value is -2.38. The predicted octanol–water partition coefficient (Wildman–Crippen LogP) is 3.86. The van der Waals surface area contributed by atoms with Crippen molar-refractivity contribution in [2.24, 2.45) is 0 Å². The number of thiophene rings is 1. The van der Waals surface area contributed by atoms with Crippen LogP contribution < -0.4 is 10.0 Å². The van der Waals surface area contributed by atoms with Crippen molar-refractivity contribution in [1.82, 2.24) is 4.98 Å². The van der Waals surface area contributed by atoms with E-state index in [2.05, 4.69) is 15.0 Å². The highest BCUT2D eigenvalue weighted by Gasteiger charge is 2.16. The largest absolute Gasteiger partial charge is 0.379 e. The number of pyridine rings is 1. The summed E-state index contributed by atoms with van der Waals surface area (Å²) in [6, 6.07) is 16.3. The van der Waals surface area contributed by atoms with E-state index in [-0.39, 0.29) is 0 Å². The van der Waals surface area contributed by atoms with Crippen LogP contribution in [0.3, 0.4) is 0 Å². The zero-order chi connectivity index (χ0) is 17.0. The van der Waals surface area contributed by atoms with E-state index in [1.54, 1.807) is 30.5 Å². The standard InChI is InChI=1S/C17H17N3O2S2/c1-13-5-10-17(23-13)24(21,22)20-15-8-6-14(7-9-15)19-12-16-4-2-3-11-18-16/h2-11,19-20H,12H2,1H3. The average molecular weight is 359 g/mol. The number of nitrogens with zero attached hydrogens (tertiary/aromatic N) is 1. The molecule has 5 nitrogen and oxygen atoms in total. The van der Waals surface area contributed by atoms with Gasteiger partial charge < -0.3 is 5.32 Å². The first-order valence-corrected chi connectivity index (χ1v) is 9.66. The number of rotatable bonds is 6.